The van der Waals surface area contributed by atoms with Crippen LogP contribution in [0.4, 0.5) is 5.82 Å². The Balaban J connectivity index is 2.07. The molecular formula is C13H15IN4O3. The molecule has 21 heavy (non-hydrogen) atoms. The van der Waals surface area contributed by atoms with Crippen LogP contribution in [0.2, 0.25) is 0 Å². The lowest BCUT2D eigenvalue weighted by Crippen LogP contribution is -2.40. The molecule has 1 fully saturated rings. The summed E-state index contributed by atoms with van der Waals surface area (Å²) in [5.74, 6) is 0.331. The van der Waals surface area contributed by atoms with Crippen molar-refractivity contribution < 1.29 is 14.6 Å². The van der Waals surface area contributed by atoms with Crippen LogP contribution in [0.15, 0.2) is 12.5 Å². The van der Waals surface area contributed by atoms with Gasteiger partial charge in [0.05, 0.1) is 12.0 Å². The van der Waals surface area contributed by atoms with E-state index in [1.807, 2.05) is 17.7 Å². The summed E-state index contributed by atoms with van der Waals surface area (Å²) < 4.78 is 8.62. The summed E-state index contributed by atoms with van der Waals surface area (Å²) in [6.07, 6.45) is 4.23. The lowest BCUT2D eigenvalue weighted by molar-refractivity contribution is -0.144. The van der Waals surface area contributed by atoms with Crippen LogP contribution in [0.3, 0.4) is 0 Å². The largest absolute Gasteiger partial charge is 0.393 e. The van der Waals surface area contributed by atoms with E-state index in [0.717, 1.165) is 8.96 Å². The zero-order valence-electron chi connectivity index (χ0n) is 11.4. The molecule has 112 valence electrons. The number of nitrogen functional groups attached to an aromatic ring is 1. The predicted octanol–water partition coefficient (Wildman–Crippen LogP) is 1.10. The third kappa shape index (κ3) is 2.12. The molecule has 0 unspecified atom stereocenters. The molecule has 8 heteroatoms. The molecule has 2 aromatic heterocycles. The molecule has 7 nitrogen and oxygen atoms in total. The smallest absolute Gasteiger partial charge is 0.154 e. The third-order valence-electron chi connectivity index (χ3n) is 4.09. The van der Waals surface area contributed by atoms with E-state index in [0.29, 0.717) is 24.2 Å². The van der Waals surface area contributed by atoms with Crippen LogP contribution in [-0.2, 0) is 9.53 Å². The fourth-order valence-corrected chi connectivity index (χ4v) is 3.56. The second-order valence-corrected chi connectivity index (χ2v) is 6.44. The van der Waals surface area contributed by atoms with Gasteiger partial charge in [-0.2, -0.15) is 0 Å². The van der Waals surface area contributed by atoms with Crippen molar-refractivity contribution in [1.82, 2.24) is 14.5 Å². The van der Waals surface area contributed by atoms with E-state index < -0.39 is 5.60 Å². The Morgan fingerprint density at radius 3 is 3.05 bits per heavy atom. The van der Waals surface area contributed by atoms with Crippen molar-refractivity contribution in [3.05, 3.63) is 16.1 Å². The quantitative estimate of drug-likeness (QED) is 0.589. The molecule has 3 atom stereocenters. The third-order valence-corrected chi connectivity index (χ3v) is 4.91. The molecule has 0 radical (unpaired) electrons. The maximum Gasteiger partial charge on any atom is 0.154 e. The van der Waals surface area contributed by atoms with E-state index in [1.165, 1.54) is 6.33 Å². The molecule has 3 heterocycles. The number of carbonyl (C=O) groups is 1. The number of hydrogen-bond acceptors (Lipinski definition) is 6. The van der Waals surface area contributed by atoms with Crippen LogP contribution in [0, 0.1) is 9.49 Å². The van der Waals surface area contributed by atoms with Gasteiger partial charge >= 0.3 is 0 Å². The van der Waals surface area contributed by atoms with Crippen molar-refractivity contribution in [2.24, 2.45) is 5.92 Å². The molecule has 0 spiro atoms. The highest BCUT2D eigenvalue weighted by Gasteiger charge is 2.47. The van der Waals surface area contributed by atoms with Gasteiger partial charge in [0.15, 0.2) is 11.9 Å². The highest BCUT2D eigenvalue weighted by atomic mass is 127. The summed E-state index contributed by atoms with van der Waals surface area (Å²) in [6, 6.07) is 0. The van der Waals surface area contributed by atoms with E-state index in [4.69, 9.17) is 10.5 Å². The molecule has 1 aliphatic rings. The van der Waals surface area contributed by atoms with Gasteiger partial charge in [0.2, 0.25) is 0 Å². The Morgan fingerprint density at radius 2 is 2.43 bits per heavy atom. The number of fused-ring (bicyclic) bond motifs is 1. The second-order valence-electron chi connectivity index (χ2n) is 5.28. The van der Waals surface area contributed by atoms with E-state index in [9.17, 15) is 9.90 Å². The van der Waals surface area contributed by atoms with Gasteiger partial charge in [0.25, 0.3) is 0 Å². The summed E-state index contributed by atoms with van der Waals surface area (Å²) >= 11 is 2.17. The first kappa shape index (κ1) is 14.7. The summed E-state index contributed by atoms with van der Waals surface area (Å²) in [4.78, 5) is 19.6. The van der Waals surface area contributed by atoms with Crippen molar-refractivity contribution in [3.63, 3.8) is 0 Å². The maximum atomic E-state index is 11.3. The molecule has 1 aliphatic heterocycles. The van der Waals surface area contributed by atoms with Crippen molar-refractivity contribution >= 4 is 45.7 Å². The number of nitrogens with two attached hydrogens (primary N) is 1. The van der Waals surface area contributed by atoms with Crippen LogP contribution in [0.5, 0.6) is 0 Å². The molecule has 0 aliphatic carbocycles. The average molecular weight is 402 g/mol. The van der Waals surface area contributed by atoms with Crippen LogP contribution in [-0.4, -0.2) is 38.1 Å². The van der Waals surface area contributed by atoms with Gasteiger partial charge in [-0.3, -0.25) is 0 Å². The number of nitrogens with zero attached hydrogens (tertiary/aromatic N) is 3. The molecule has 0 amide bonds. The second kappa shape index (κ2) is 5.18. The van der Waals surface area contributed by atoms with Gasteiger partial charge in [-0.15, -0.1) is 0 Å². The minimum atomic E-state index is -1.15. The standard InChI is InChI=1S/C13H15IN4O3/c1-7-2-9(21-13(7,4-19)5-20)18-3-8(14)10-11(15)16-6-17-12(10)18/h3-4,6-7,9,20H,2,5H2,1H3,(H2,15,16,17)/t7-,9+,13+/m0/s1. The molecule has 1 saturated heterocycles. The Hall–Kier alpha value is -1.26. The number of halogens is 1. The van der Waals surface area contributed by atoms with Crippen LogP contribution in [0.25, 0.3) is 11.0 Å². The van der Waals surface area contributed by atoms with Gasteiger partial charge < -0.3 is 24.9 Å². The fraction of sp³-hybridized carbons (Fsp3) is 0.462. The Kier molecular flexibility index (Phi) is 3.62. The van der Waals surface area contributed by atoms with Crippen molar-refractivity contribution in [2.45, 2.75) is 25.2 Å². The SMILES string of the molecule is C[C@H]1C[C@H](n2cc(I)c3c(N)ncnc32)O[C@]1(C=O)CO. The van der Waals surface area contributed by atoms with E-state index in [1.54, 1.807) is 0 Å². The zero-order valence-corrected chi connectivity index (χ0v) is 13.5. The van der Waals surface area contributed by atoms with Crippen molar-refractivity contribution in [3.8, 4) is 0 Å². The Bertz CT molecular complexity index is 704. The topological polar surface area (TPSA) is 103 Å². The lowest BCUT2D eigenvalue weighted by atomic mass is 9.91. The number of aldehydes is 1. The lowest BCUT2D eigenvalue weighted by Gasteiger charge is -2.24. The molecule has 3 N–H and O–H groups in total. The first-order valence-electron chi connectivity index (χ1n) is 6.54. The van der Waals surface area contributed by atoms with Gasteiger partial charge in [-0.25, -0.2) is 9.97 Å². The highest BCUT2D eigenvalue weighted by molar-refractivity contribution is 14.1. The predicted molar refractivity (Wildman–Crippen MR) is 84.4 cm³/mol. The number of aliphatic hydroxyl groups excluding tert-OH is 1. The Morgan fingerprint density at radius 1 is 1.67 bits per heavy atom. The first-order chi connectivity index (χ1) is 10.0. The highest BCUT2D eigenvalue weighted by Crippen LogP contribution is 2.41. The molecule has 0 bridgehead atoms. The summed E-state index contributed by atoms with van der Waals surface area (Å²) in [7, 11) is 0. The number of aliphatic hydroxyl groups is 1. The van der Waals surface area contributed by atoms with Crippen LogP contribution < -0.4 is 5.73 Å². The van der Waals surface area contributed by atoms with Crippen molar-refractivity contribution in [2.75, 3.05) is 12.3 Å². The fourth-order valence-electron chi connectivity index (χ4n) is 2.75. The zero-order chi connectivity index (χ0) is 15.2. The summed E-state index contributed by atoms with van der Waals surface area (Å²) in [5, 5.41) is 10.3. The minimum Gasteiger partial charge on any atom is -0.393 e. The number of carbonyl (C=O) groups excluding carboxylic acids is 1. The van der Waals surface area contributed by atoms with Gasteiger partial charge in [-0.05, 0) is 34.9 Å². The number of hydrogen-bond donors (Lipinski definition) is 2. The van der Waals surface area contributed by atoms with Gasteiger partial charge in [0.1, 0.15) is 24.0 Å². The Labute approximate surface area is 134 Å². The molecular weight excluding hydrogens is 387 g/mol. The number of ether oxygens (including phenoxy) is 1. The number of aromatic nitrogens is 3. The maximum absolute atomic E-state index is 11.3. The first-order valence-corrected chi connectivity index (χ1v) is 7.62. The number of anilines is 1. The monoisotopic (exact) mass is 402 g/mol. The normalized spacial score (nSPS) is 29.1. The average Bonchev–Trinajstić information content (AvgIpc) is 2.98. The van der Waals surface area contributed by atoms with Crippen LogP contribution in [0.1, 0.15) is 19.6 Å². The molecule has 3 rings (SSSR count). The minimum absolute atomic E-state index is 0.0840. The number of rotatable bonds is 3. The molecule has 0 aromatic carbocycles. The molecule has 0 saturated carbocycles. The van der Waals surface area contributed by atoms with Gasteiger partial charge in [0, 0.05) is 9.77 Å². The summed E-state index contributed by atoms with van der Waals surface area (Å²) in [5.41, 5.74) is 5.42. The van der Waals surface area contributed by atoms with E-state index >= 15 is 0 Å². The van der Waals surface area contributed by atoms with E-state index in [2.05, 4.69) is 32.6 Å². The van der Waals surface area contributed by atoms with Crippen molar-refractivity contribution in [1.29, 1.82) is 0 Å². The van der Waals surface area contributed by atoms with Crippen LogP contribution >= 0.6 is 22.6 Å². The van der Waals surface area contributed by atoms with Gasteiger partial charge in [-0.1, -0.05) is 6.92 Å². The molecule has 2 aromatic rings. The van der Waals surface area contributed by atoms with E-state index in [-0.39, 0.29) is 18.8 Å². The summed E-state index contributed by atoms with van der Waals surface area (Å²) in [6.45, 7) is 1.56.